The normalized spacial score (nSPS) is 12.2. The van der Waals surface area contributed by atoms with Crippen LogP contribution in [0.1, 0.15) is 23.6 Å². The van der Waals surface area contributed by atoms with Gasteiger partial charge in [0.15, 0.2) is 0 Å². The van der Waals surface area contributed by atoms with E-state index in [2.05, 4.69) is 41.3 Å². The SMILES string of the molecule is CCOC(=O)/C=C/[C@H](COCc1ccccc1)N(Cc1ccccc1)Cc1ccccc1. The van der Waals surface area contributed by atoms with E-state index in [0.29, 0.717) is 19.8 Å². The van der Waals surface area contributed by atoms with Crippen LogP contribution in [0.25, 0.3) is 0 Å². The van der Waals surface area contributed by atoms with Gasteiger partial charge in [-0.2, -0.15) is 0 Å². The fourth-order valence-electron chi connectivity index (χ4n) is 3.46. The molecule has 32 heavy (non-hydrogen) atoms. The topological polar surface area (TPSA) is 38.8 Å². The second kappa shape index (κ2) is 13.3. The van der Waals surface area contributed by atoms with E-state index in [1.807, 2.05) is 67.6 Å². The lowest BCUT2D eigenvalue weighted by atomic mass is 10.1. The number of nitrogens with zero attached hydrogens (tertiary/aromatic N) is 1. The van der Waals surface area contributed by atoms with Gasteiger partial charge in [0, 0.05) is 19.2 Å². The maximum absolute atomic E-state index is 12.0. The maximum atomic E-state index is 12.0. The van der Waals surface area contributed by atoms with Crippen LogP contribution in [0.15, 0.2) is 103 Å². The summed E-state index contributed by atoms with van der Waals surface area (Å²) in [4.78, 5) is 14.3. The molecule has 0 unspecified atom stereocenters. The minimum atomic E-state index is -0.333. The first-order valence-corrected chi connectivity index (χ1v) is 11.0. The summed E-state index contributed by atoms with van der Waals surface area (Å²) in [6.45, 7) is 4.63. The van der Waals surface area contributed by atoms with E-state index in [0.717, 1.165) is 18.7 Å². The highest BCUT2D eigenvalue weighted by Crippen LogP contribution is 2.16. The van der Waals surface area contributed by atoms with E-state index in [1.54, 1.807) is 0 Å². The summed E-state index contributed by atoms with van der Waals surface area (Å²) in [5.41, 5.74) is 3.54. The Bertz CT molecular complexity index is 901. The highest BCUT2D eigenvalue weighted by atomic mass is 16.5. The van der Waals surface area contributed by atoms with Crippen molar-refractivity contribution in [3.8, 4) is 0 Å². The zero-order chi connectivity index (χ0) is 22.4. The van der Waals surface area contributed by atoms with Crippen LogP contribution in [0.5, 0.6) is 0 Å². The molecule has 3 rings (SSSR count). The Kier molecular flexibility index (Phi) is 9.72. The summed E-state index contributed by atoms with van der Waals surface area (Å²) in [7, 11) is 0. The lowest BCUT2D eigenvalue weighted by Crippen LogP contribution is -2.36. The van der Waals surface area contributed by atoms with Crippen LogP contribution in [0.4, 0.5) is 0 Å². The van der Waals surface area contributed by atoms with Gasteiger partial charge in [-0.05, 0) is 23.6 Å². The van der Waals surface area contributed by atoms with Gasteiger partial charge in [-0.3, -0.25) is 4.90 Å². The Hall–Kier alpha value is -3.21. The van der Waals surface area contributed by atoms with Crippen molar-refractivity contribution in [2.24, 2.45) is 0 Å². The van der Waals surface area contributed by atoms with Gasteiger partial charge in [0.05, 0.1) is 25.9 Å². The van der Waals surface area contributed by atoms with E-state index in [-0.39, 0.29) is 12.0 Å². The predicted molar refractivity (Wildman–Crippen MR) is 128 cm³/mol. The van der Waals surface area contributed by atoms with E-state index in [4.69, 9.17) is 9.47 Å². The molecule has 166 valence electrons. The molecule has 0 bridgehead atoms. The number of benzene rings is 3. The second-order valence-corrected chi connectivity index (χ2v) is 7.56. The molecule has 3 aromatic carbocycles. The standard InChI is InChI=1S/C28H31NO3/c1-2-32-28(30)19-18-27(23-31-22-26-16-10-5-11-17-26)29(20-24-12-6-3-7-13-24)21-25-14-8-4-9-15-25/h3-19,27H,2,20-23H2,1H3/b19-18+/t27-/m1/s1. The third-order valence-corrected chi connectivity index (χ3v) is 5.07. The fourth-order valence-corrected chi connectivity index (χ4v) is 3.46. The molecule has 0 heterocycles. The molecule has 0 saturated carbocycles. The first-order valence-electron chi connectivity index (χ1n) is 11.0. The minimum Gasteiger partial charge on any atom is -0.463 e. The Morgan fingerprint density at radius 3 is 1.81 bits per heavy atom. The lowest BCUT2D eigenvalue weighted by Gasteiger charge is -2.30. The Morgan fingerprint density at radius 1 is 0.812 bits per heavy atom. The van der Waals surface area contributed by atoms with E-state index >= 15 is 0 Å². The summed E-state index contributed by atoms with van der Waals surface area (Å²) in [6, 6.07) is 30.7. The van der Waals surface area contributed by atoms with E-state index in [9.17, 15) is 4.79 Å². The quantitative estimate of drug-likeness (QED) is 0.286. The molecule has 0 spiro atoms. The number of ether oxygens (including phenoxy) is 2. The average molecular weight is 430 g/mol. The Balaban J connectivity index is 1.79. The summed E-state index contributed by atoms with van der Waals surface area (Å²) >= 11 is 0. The Morgan fingerprint density at radius 2 is 1.31 bits per heavy atom. The fraction of sp³-hybridized carbons (Fsp3) is 0.250. The molecule has 4 nitrogen and oxygen atoms in total. The molecule has 0 radical (unpaired) electrons. The van der Waals surface area contributed by atoms with Crippen molar-refractivity contribution < 1.29 is 14.3 Å². The highest BCUT2D eigenvalue weighted by molar-refractivity contribution is 5.82. The number of carbonyl (C=O) groups is 1. The van der Waals surface area contributed by atoms with Crippen LogP contribution >= 0.6 is 0 Å². The number of carbonyl (C=O) groups excluding carboxylic acids is 1. The van der Waals surface area contributed by atoms with Gasteiger partial charge in [0.2, 0.25) is 0 Å². The first kappa shape index (κ1) is 23.5. The van der Waals surface area contributed by atoms with Gasteiger partial charge in [-0.25, -0.2) is 4.79 Å². The van der Waals surface area contributed by atoms with E-state index in [1.165, 1.54) is 17.2 Å². The molecule has 0 aliphatic rings. The smallest absolute Gasteiger partial charge is 0.330 e. The van der Waals surface area contributed by atoms with Gasteiger partial charge < -0.3 is 9.47 Å². The summed E-state index contributed by atoms with van der Waals surface area (Å²) in [5.74, 6) is -0.333. The van der Waals surface area contributed by atoms with Gasteiger partial charge in [-0.15, -0.1) is 0 Å². The molecule has 1 atom stereocenters. The zero-order valence-electron chi connectivity index (χ0n) is 18.6. The van der Waals surface area contributed by atoms with Crippen molar-refractivity contribution in [1.29, 1.82) is 0 Å². The van der Waals surface area contributed by atoms with Gasteiger partial charge in [0.25, 0.3) is 0 Å². The third-order valence-electron chi connectivity index (χ3n) is 5.07. The molecule has 0 N–H and O–H groups in total. The molecule has 0 aliphatic carbocycles. The van der Waals surface area contributed by atoms with Crippen LogP contribution in [-0.2, 0) is 34.0 Å². The molecular weight excluding hydrogens is 398 g/mol. The van der Waals surface area contributed by atoms with Crippen molar-refractivity contribution in [1.82, 2.24) is 4.90 Å². The van der Waals surface area contributed by atoms with Gasteiger partial charge in [-0.1, -0.05) is 97.1 Å². The molecule has 0 saturated heterocycles. The monoisotopic (exact) mass is 429 g/mol. The van der Waals surface area contributed by atoms with E-state index < -0.39 is 0 Å². The Labute approximate surface area is 191 Å². The second-order valence-electron chi connectivity index (χ2n) is 7.56. The van der Waals surface area contributed by atoms with Crippen LogP contribution in [0.2, 0.25) is 0 Å². The number of hydrogen-bond acceptors (Lipinski definition) is 4. The van der Waals surface area contributed by atoms with Gasteiger partial charge in [0.1, 0.15) is 0 Å². The average Bonchev–Trinajstić information content (AvgIpc) is 2.83. The van der Waals surface area contributed by atoms with Crippen LogP contribution in [0, 0.1) is 0 Å². The predicted octanol–water partition coefficient (Wildman–Crippen LogP) is 5.39. The van der Waals surface area contributed by atoms with Crippen molar-refractivity contribution >= 4 is 5.97 Å². The number of rotatable bonds is 12. The summed E-state index contributed by atoms with van der Waals surface area (Å²) in [6.07, 6.45) is 3.41. The molecule has 4 heteroatoms. The van der Waals surface area contributed by atoms with Crippen molar-refractivity contribution in [2.75, 3.05) is 13.2 Å². The van der Waals surface area contributed by atoms with Crippen molar-refractivity contribution in [3.05, 3.63) is 120 Å². The van der Waals surface area contributed by atoms with Crippen molar-refractivity contribution in [3.63, 3.8) is 0 Å². The zero-order valence-corrected chi connectivity index (χ0v) is 18.6. The molecule has 0 aromatic heterocycles. The molecule has 3 aromatic rings. The molecular formula is C28H31NO3. The van der Waals surface area contributed by atoms with Crippen LogP contribution in [0.3, 0.4) is 0 Å². The highest BCUT2D eigenvalue weighted by Gasteiger charge is 2.18. The molecule has 0 amide bonds. The minimum absolute atomic E-state index is 0.0940. The van der Waals surface area contributed by atoms with Crippen LogP contribution < -0.4 is 0 Å². The number of esters is 1. The van der Waals surface area contributed by atoms with Gasteiger partial charge >= 0.3 is 5.97 Å². The maximum Gasteiger partial charge on any atom is 0.330 e. The van der Waals surface area contributed by atoms with Crippen molar-refractivity contribution in [2.45, 2.75) is 32.7 Å². The summed E-state index contributed by atoms with van der Waals surface area (Å²) in [5, 5.41) is 0. The first-order chi connectivity index (χ1) is 15.7. The van der Waals surface area contributed by atoms with Crippen LogP contribution in [-0.4, -0.2) is 30.1 Å². The summed E-state index contributed by atoms with van der Waals surface area (Å²) < 4.78 is 11.2. The largest absolute Gasteiger partial charge is 0.463 e. The third kappa shape index (κ3) is 8.14. The molecule has 0 fully saturated rings. The molecule has 0 aliphatic heterocycles. The number of hydrogen-bond donors (Lipinski definition) is 0. The lowest BCUT2D eigenvalue weighted by molar-refractivity contribution is -0.137.